The molecule has 0 spiro atoms. The number of aromatic nitrogens is 6. The van der Waals surface area contributed by atoms with Crippen LogP contribution in [0.1, 0.15) is 23.3 Å². The number of nitrogens with zero attached hydrogens (tertiary/aromatic N) is 5. The van der Waals surface area contributed by atoms with E-state index in [2.05, 4.69) is 25.3 Å². The van der Waals surface area contributed by atoms with Crippen molar-refractivity contribution in [3.8, 4) is 11.5 Å². The zero-order chi connectivity index (χ0) is 16.2. The van der Waals surface area contributed by atoms with Crippen LogP contribution in [0.5, 0.6) is 11.5 Å². The van der Waals surface area contributed by atoms with Crippen LogP contribution in [0.3, 0.4) is 0 Å². The number of aromatic amines is 1. The average molecular weight is 315 g/mol. The monoisotopic (exact) mass is 315 g/mol. The standard InChI is InChI=1S/C14H17N7O2/c1-22-10-4-3-9(5-11(10)23-2)13(15)14-18-12(19-20-14)6-21-8-16-7-17-21/h3-5,7-8,13H,6,15H2,1-2H3,(H,18,19,20)/t13-/m0/s1. The first kappa shape index (κ1) is 15.0. The topological polar surface area (TPSA) is 117 Å². The number of nitrogens with two attached hydrogens (primary N) is 1. The second-order valence-electron chi connectivity index (χ2n) is 4.83. The third-order valence-electron chi connectivity index (χ3n) is 3.37. The zero-order valence-electron chi connectivity index (χ0n) is 12.8. The number of hydrogen-bond donors (Lipinski definition) is 2. The van der Waals surface area contributed by atoms with Crippen molar-refractivity contribution in [2.45, 2.75) is 12.6 Å². The molecule has 3 aromatic rings. The first-order valence-corrected chi connectivity index (χ1v) is 6.92. The summed E-state index contributed by atoms with van der Waals surface area (Å²) in [6, 6.07) is 5.00. The van der Waals surface area contributed by atoms with Gasteiger partial charge in [-0.15, -0.1) is 0 Å². The molecule has 0 saturated carbocycles. The number of H-pyrrole nitrogens is 1. The summed E-state index contributed by atoms with van der Waals surface area (Å²) in [5.74, 6) is 2.40. The Labute approximate surface area is 132 Å². The lowest BCUT2D eigenvalue weighted by molar-refractivity contribution is 0.354. The lowest BCUT2D eigenvalue weighted by Gasteiger charge is -2.12. The minimum Gasteiger partial charge on any atom is -0.493 e. The van der Waals surface area contributed by atoms with Crippen molar-refractivity contribution in [2.24, 2.45) is 5.73 Å². The molecular weight excluding hydrogens is 298 g/mol. The van der Waals surface area contributed by atoms with Gasteiger partial charge in [-0.2, -0.15) is 10.2 Å². The number of nitrogens with one attached hydrogen (secondary N) is 1. The van der Waals surface area contributed by atoms with E-state index >= 15 is 0 Å². The molecule has 9 nitrogen and oxygen atoms in total. The largest absolute Gasteiger partial charge is 0.493 e. The summed E-state index contributed by atoms with van der Waals surface area (Å²) in [5.41, 5.74) is 7.07. The van der Waals surface area contributed by atoms with Gasteiger partial charge in [0.25, 0.3) is 0 Å². The maximum Gasteiger partial charge on any atom is 0.171 e. The van der Waals surface area contributed by atoms with Crippen LogP contribution < -0.4 is 15.2 Å². The molecule has 23 heavy (non-hydrogen) atoms. The highest BCUT2D eigenvalue weighted by molar-refractivity contribution is 5.44. The maximum atomic E-state index is 6.24. The van der Waals surface area contributed by atoms with Gasteiger partial charge in [-0.25, -0.2) is 14.6 Å². The van der Waals surface area contributed by atoms with Crippen LogP contribution in [0, 0.1) is 0 Å². The van der Waals surface area contributed by atoms with Crippen molar-refractivity contribution in [1.82, 2.24) is 29.9 Å². The summed E-state index contributed by atoms with van der Waals surface area (Å²) >= 11 is 0. The van der Waals surface area contributed by atoms with Gasteiger partial charge in [0, 0.05) is 0 Å². The summed E-state index contributed by atoms with van der Waals surface area (Å²) in [7, 11) is 3.17. The molecule has 3 rings (SSSR count). The Bertz CT molecular complexity index is 769. The predicted octanol–water partition coefficient (Wildman–Crippen LogP) is 0.510. The summed E-state index contributed by atoms with van der Waals surface area (Å²) in [6.45, 7) is 0.450. The Kier molecular flexibility index (Phi) is 4.20. The van der Waals surface area contributed by atoms with Crippen LogP contribution >= 0.6 is 0 Å². The van der Waals surface area contributed by atoms with Crippen molar-refractivity contribution in [1.29, 1.82) is 0 Å². The molecule has 0 radical (unpaired) electrons. The van der Waals surface area contributed by atoms with Gasteiger partial charge in [0.05, 0.1) is 20.3 Å². The van der Waals surface area contributed by atoms with E-state index in [1.54, 1.807) is 31.3 Å². The molecule has 0 bridgehead atoms. The van der Waals surface area contributed by atoms with E-state index in [1.165, 1.54) is 6.33 Å². The molecule has 0 saturated heterocycles. The van der Waals surface area contributed by atoms with Crippen LogP contribution in [-0.4, -0.2) is 44.2 Å². The number of ether oxygens (including phenoxy) is 2. The fourth-order valence-electron chi connectivity index (χ4n) is 2.18. The first-order chi connectivity index (χ1) is 11.2. The van der Waals surface area contributed by atoms with E-state index in [9.17, 15) is 0 Å². The predicted molar refractivity (Wildman–Crippen MR) is 81.1 cm³/mol. The van der Waals surface area contributed by atoms with Gasteiger partial charge in [0.15, 0.2) is 17.3 Å². The number of hydrogen-bond acceptors (Lipinski definition) is 7. The third-order valence-corrected chi connectivity index (χ3v) is 3.37. The molecule has 1 atom stereocenters. The molecule has 2 aromatic heterocycles. The van der Waals surface area contributed by atoms with Gasteiger partial charge >= 0.3 is 0 Å². The fraction of sp³-hybridized carbons (Fsp3) is 0.286. The van der Waals surface area contributed by atoms with E-state index in [0.29, 0.717) is 29.7 Å². The normalized spacial score (nSPS) is 12.1. The molecule has 0 unspecified atom stereocenters. The van der Waals surface area contributed by atoms with Gasteiger partial charge in [0.2, 0.25) is 0 Å². The van der Waals surface area contributed by atoms with Crippen molar-refractivity contribution in [3.05, 3.63) is 48.1 Å². The Hall–Kier alpha value is -2.94. The highest BCUT2D eigenvalue weighted by Gasteiger charge is 2.17. The molecule has 1 aromatic carbocycles. The molecule has 120 valence electrons. The van der Waals surface area contributed by atoms with Gasteiger partial charge < -0.3 is 15.2 Å². The van der Waals surface area contributed by atoms with Gasteiger partial charge in [0.1, 0.15) is 25.0 Å². The molecular formula is C14H17N7O2. The van der Waals surface area contributed by atoms with Gasteiger partial charge in [-0.05, 0) is 17.7 Å². The minimum absolute atomic E-state index is 0.450. The Balaban J connectivity index is 1.80. The number of benzene rings is 1. The molecule has 0 aliphatic heterocycles. The van der Waals surface area contributed by atoms with E-state index in [0.717, 1.165) is 5.56 Å². The van der Waals surface area contributed by atoms with Crippen LogP contribution in [0.2, 0.25) is 0 Å². The Morgan fingerprint density at radius 1 is 1.26 bits per heavy atom. The third kappa shape index (κ3) is 3.14. The zero-order valence-corrected chi connectivity index (χ0v) is 12.8. The highest BCUT2D eigenvalue weighted by Crippen LogP contribution is 2.30. The molecule has 0 amide bonds. The number of methoxy groups -OCH3 is 2. The lowest BCUT2D eigenvalue weighted by Crippen LogP contribution is -2.14. The van der Waals surface area contributed by atoms with Crippen molar-refractivity contribution >= 4 is 0 Å². The fourth-order valence-corrected chi connectivity index (χ4v) is 2.18. The van der Waals surface area contributed by atoms with E-state index < -0.39 is 6.04 Å². The smallest absolute Gasteiger partial charge is 0.171 e. The summed E-state index contributed by atoms with van der Waals surface area (Å²) < 4.78 is 12.2. The molecule has 0 aliphatic carbocycles. The van der Waals surface area contributed by atoms with Crippen molar-refractivity contribution < 1.29 is 9.47 Å². The molecule has 3 N–H and O–H groups in total. The van der Waals surface area contributed by atoms with Gasteiger partial charge in [-0.1, -0.05) is 6.07 Å². The van der Waals surface area contributed by atoms with Gasteiger partial charge in [-0.3, -0.25) is 5.10 Å². The lowest BCUT2D eigenvalue weighted by atomic mass is 10.1. The Morgan fingerprint density at radius 3 is 2.78 bits per heavy atom. The van der Waals surface area contributed by atoms with Crippen LogP contribution in [0.15, 0.2) is 30.9 Å². The summed E-state index contributed by atoms with van der Waals surface area (Å²) in [6.07, 6.45) is 3.07. The van der Waals surface area contributed by atoms with E-state index in [4.69, 9.17) is 15.2 Å². The van der Waals surface area contributed by atoms with E-state index in [1.807, 2.05) is 12.1 Å². The quantitative estimate of drug-likeness (QED) is 0.680. The van der Waals surface area contributed by atoms with E-state index in [-0.39, 0.29) is 0 Å². The first-order valence-electron chi connectivity index (χ1n) is 6.92. The highest BCUT2D eigenvalue weighted by atomic mass is 16.5. The molecule has 0 fully saturated rings. The van der Waals surface area contributed by atoms with Crippen molar-refractivity contribution in [3.63, 3.8) is 0 Å². The van der Waals surface area contributed by atoms with Crippen LogP contribution in [-0.2, 0) is 6.54 Å². The Morgan fingerprint density at radius 2 is 2.09 bits per heavy atom. The number of rotatable bonds is 6. The van der Waals surface area contributed by atoms with Crippen molar-refractivity contribution in [2.75, 3.05) is 14.2 Å². The SMILES string of the molecule is COc1ccc([C@H](N)c2n[nH]c(Cn3cncn3)n2)cc1OC. The molecule has 9 heteroatoms. The van der Waals surface area contributed by atoms with Crippen LogP contribution in [0.25, 0.3) is 0 Å². The second kappa shape index (κ2) is 6.44. The average Bonchev–Trinajstić information content (AvgIpc) is 3.26. The summed E-state index contributed by atoms with van der Waals surface area (Å²) in [4.78, 5) is 8.29. The minimum atomic E-state index is -0.476. The summed E-state index contributed by atoms with van der Waals surface area (Å²) in [5, 5.41) is 11.1. The second-order valence-corrected chi connectivity index (χ2v) is 4.83. The molecule has 0 aliphatic rings. The maximum absolute atomic E-state index is 6.24. The molecule has 2 heterocycles. The van der Waals surface area contributed by atoms with Crippen LogP contribution in [0.4, 0.5) is 0 Å².